The van der Waals surface area contributed by atoms with Crippen molar-refractivity contribution in [2.75, 3.05) is 24.6 Å². The van der Waals surface area contributed by atoms with E-state index in [1.54, 1.807) is 21.5 Å². The van der Waals surface area contributed by atoms with Crippen molar-refractivity contribution in [3.63, 3.8) is 0 Å². The molecule has 0 spiro atoms. The number of cyclic esters (lactones) is 1. The summed E-state index contributed by atoms with van der Waals surface area (Å²) in [5.41, 5.74) is 2.73. The lowest BCUT2D eigenvalue weighted by Gasteiger charge is -2.22. The van der Waals surface area contributed by atoms with Crippen LogP contribution >= 0.6 is 0 Å². The van der Waals surface area contributed by atoms with E-state index in [1.165, 1.54) is 30.2 Å². The van der Waals surface area contributed by atoms with Crippen molar-refractivity contribution in [1.82, 2.24) is 29.9 Å². The summed E-state index contributed by atoms with van der Waals surface area (Å²) in [7, 11) is 0. The van der Waals surface area contributed by atoms with Gasteiger partial charge in [-0.25, -0.2) is 13.9 Å². The van der Waals surface area contributed by atoms with Gasteiger partial charge < -0.3 is 34.4 Å². The Labute approximate surface area is 260 Å². The maximum atomic E-state index is 14.8. The predicted molar refractivity (Wildman–Crippen MR) is 156 cm³/mol. The zero-order chi connectivity index (χ0) is 32.2. The molecule has 2 aromatic heterocycles. The summed E-state index contributed by atoms with van der Waals surface area (Å²) >= 11 is 0. The van der Waals surface area contributed by atoms with Crippen LogP contribution in [0, 0.1) is 15.9 Å². The standard InChI is InChI=1S/C29H29FN8O8/c1-18(39)31-9-23-13-37(29(40)46-23)22-6-7-26(25(30)8-22)44-16-21-11-36(34-33-21)10-19-2-4-20(5-3-19)15-43-24-12-35-14-27(38(41)42)32-28(35)45-17-24/h2-8,11,14,23-24H,9-10,12-13,15-17H2,1H3,(H,31,39)/t23-,24-/m0/s1. The van der Waals surface area contributed by atoms with Crippen molar-refractivity contribution in [3.8, 4) is 11.8 Å². The molecular formula is C29H29FN8O8. The molecule has 2 amide bonds. The van der Waals surface area contributed by atoms with Crippen molar-refractivity contribution in [1.29, 1.82) is 0 Å². The van der Waals surface area contributed by atoms with Crippen LogP contribution in [0.1, 0.15) is 23.7 Å². The minimum atomic E-state index is -0.654. The summed E-state index contributed by atoms with van der Waals surface area (Å²) in [6.07, 6.45) is 1.61. The van der Waals surface area contributed by atoms with Crippen molar-refractivity contribution in [2.45, 2.75) is 45.4 Å². The number of anilines is 1. The molecule has 0 radical (unpaired) electrons. The van der Waals surface area contributed by atoms with Crippen LogP contribution < -0.4 is 19.7 Å². The van der Waals surface area contributed by atoms with Gasteiger partial charge in [0.05, 0.1) is 44.7 Å². The number of halogens is 1. The summed E-state index contributed by atoms with van der Waals surface area (Å²) in [6, 6.07) is 12.1. The number of benzene rings is 2. The molecule has 2 aliphatic heterocycles. The van der Waals surface area contributed by atoms with Gasteiger partial charge in [0.15, 0.2) is 11.6 Å². The number of nitrogens with one attached hydrogen (secondary N) is 1. The van der Waals surface area contributed by atoms with E-state index in [2.05, 4.69) is 20.6 Å². The Morgan fingerprint density at radius 2 is 1.96 bits per heavy atom. The highest BCUT2D eigenvalue weighted by Crippen LogP contribution is 2.28. The van der Waals surface area contributed by atoms with Gasteiger partial charge in [0.1, 0.15) is 37.3 Å². The minimum absolute atomic E-state index is 0.00922. The number of fused-ring (bicyclic) bond motifs is 1. The first kappa shape index (κ1) is 30.4. The highest BCUT2D eigenvalue weighted by molar-refractivity contribution is 5.90. The van der Waals surface area contributed by atoms with E-state index in [9.17, 15) is 24.1 Å². The number of hydrogen-bond acceptors (Lipinski definition) is 11. The summed E-state index contributed by atoms with van der Waals surface area (Å²) < 4.78 is 40.3. The third-order valence-corrected chi connectivity index (χ3v) is 7.21. The number of imidazole rings is 1. The van der Waals surface area contributed by atoms with E-state index in [0.717, 1.165) is 11.1 Å². The van der Waals surface area contributed by atoms with E-state index in [-0.39, 0.29) is 55.9 Å². The summed E-state index contributed by atoms with van der Waals surface area (Å²) in [4.78, 5) is 38.8. The van der Waals surface area contributed by atoms with Crippen LogP contribution in [0.2, 0.25) is 0 Å². The third kappa shape index (κ3) is 7.20. The smallest absolute Gasteiger partial charge is 0.414 e. The lowest BCUT2D eigenvalue weighted by molar-refractivity contribution is -0.389. The van der Waals surface area contributed by atoms with Crippen molar-refractivity contribution in [3.05, 3.63) is 87.6 Å². The zero-order valence-corrected chi connectivity index (χ0v) is 24.6. The second kappa shape index (κ2) is 13.2. The average Bonchev–Trinajstić information content (AvgIpc) is 3.77. The number of aromatic nitrogens is 5. The van der Waals surface area contributed by atoms with E-state index < -0.39 is 22.9 Å². The number of ether oxygens (including phenoxy) is 4. The maximum Gasteiger partial charge on any atom is 0.414 e. The first-order chi connectivity index (χ1) is 22.2. The molecule has 240 valence electrons. The Bertz CT molecular complexity index is 1740. The van der Waals surface area contributed by atoms with E-state index in [0.29, 0.717) is 31.1 Å². The Balaban J connectivity index is 0.960. The second-order valence-corrected chi connectivity index (χ2v) is 10.7. The summed E-state index contributed by atoms with van der Waals surface area (Å²) in [5, 5.41) is 21.8. The summed E-state index contributed by atoms with van der Waals surface area (Å²) in [6.45, 7) is 3.14. The lowest BCUT2D eigenvalue weighted by Crippen LogP contribution is -2.33. The van der Waals surface area contributed by atoms with E-state index in [1.807, 2.05) is 24.3 Å². The lowest BCUT2D eigenvalue weighted by atomic mass is 10.1. The van der Waals surface area contributed by atoms with Crippen LogP contribution in [0.3, 0.4) is 0 Å². The van der Waals surface area contributed by atoms with Gasteiger partial charge in [0.25, 0.3) is 0 Å². The third-order valence-electron chi connectivity index (χ3n) is 7.21. The molecule has 16 nitrogen and oxygen atoms in total. The van der Waals surface area contributed by atoms with Crippen LogP contribution in [0.15, 0.2) is 54.9 Å². The molecule has 2 aromatic carbocycles. The van der Waals surface area contributed by atoms with Gasteiger partial charge in [-0.2, -0.15) is 0 Å². The number of nitro groups is 1. The van der Waals surface area contributed by atoms with Gasteiger partial charge in [0, 0.05) is 18.0 Å². The Hall–Kier alpha value is -5.58. The molecule has 4 aromatic rings. The molecule has 0 bridgehead atoms. The Morgan fingerprint density at radius 1 is 1.15 bits per heavy atom. The topological polar surface area (TPSA) is 178 Å². The van der Waals surface area contributed by atoms with Crippen molar-refractivity contribution >= 4 is 23.5 Å². The van der Waals surface area contributed by atoms with Crippen LogP contribution in [0.5, 0.6) is 11.8 Å². The van der Waals surface area contributed by atoms with Crippen LogP contribution in [-0.4, -0.2) is 73.4 Å². The predicted octanol–water partition coefficient (Wildman–Crippen LogP) is 2.59. The first-order valence-electron chi connectivity index (χ1n) is 14.3. The average molecular weight is 637 g/mol. The Morgan fingerprint density at radius 3 is 2.72 bits per heavy atom. The molecule has 2 atom stereocenters. The first-order valence-corrected chi connectivity index (χ1v) is 14.3. The monoisotopic (exact) mass is 636 g/mol. The SMILES string of the molecule is CC(=O)NC[C@H]1CN(c2ccc(OCc3cn(Cc4ccc(CO[C@@H]5COc6nc([N+](=O)[O-])cn6C5)cc4)nn3)c(F)c2)C(=O)O1. The maximum absolute atomic E-state index is 14.8. The molecule has 1 saturated heterocycles. The molecular weight excluding hydrogens is 607 g/mol. The van der Waals surface area contributed by atoms with Crippen molar-refractivity contribution < 1.29 is 37.9 Å². The molecule has 0 saturated carbocycles. The molecule has 1 N–H and O–H groups in total. The van der Waals surface area contributed by atoms with E-state index >= 15 is 0 Å². The minimum Gasteiger partial charge on any atom is -0.484 e. The number of rotatable bonds is 12. The highest BCUT2D eigenvalue weighted by atomic mass is 19.1. The van der Waals surface area contributed by atoms with Gasteiger partial charge in [-0.15, -0.1) is 5.10 Å². The van der Waals surface area contributed by atoms with Crippen LogP contribution in [0.4, 0.5) is 20.7 Å². The molecule has 0 unspecified atom stereocenters. The fourth-order valence-electron chi connectivity index (χ4n) is 4.91. The molecule has 17 heteroatoms. The molecule has 46 heavy (non-hydrogen) atoms. The number of hydrogen-bond donors (Lipinski definition) is 1. The number of amides is 2. The van der Waals surface area contributed by atoms with Crippen LogP contribution in [-0.2, 0) is 40.6 Å². The van der Waals surface area contributed by atoms with Crippen molar-refractivity contribution in [2.24, 2.45) is 0 Å². The van der Waals surface area contributed by atoms with E-state index in [4.69, 9.17) is 18.9 Å². The molecule has 0 aliphatic carbocycles. The fourth-order valence-corrected chi connectivity index (χ4v) is 4.91. The van der Waals surface area contributed by atoms with Gasteiger partial charge in [-0.05, 0) is 28.2 Å². The number of nitrogens with zero attached hydrogens (tertiary/aromatic N) is 7. The number of carbonyl (C=O) groups excluding carboxylic acids is 2. The van der Waals surface area contributed by atoms with Crippen LogP contribution in [0.25, 0.3) is 0 Å². The largest absolute Gasteiger partial charge is 0.484 e. The quantitative estimate of drug-likeness (QED) is 0.179. The van der Waals surface area contributed by atoms with Gasteiger partial charge in [-0.1, -0.05) is 29.5 Å². The molecule has 2 aliphatic rings. The second-order valence-electron chi connectivity index (χ2n) is 10.7. The number of carbonyl (C=O) groups is 2. The zero-order valence-electron chi connectivity index (χ0n) is 24.6. The fraction of sp³-hybridized carbons (Fsp3) is 0.345. The highest BCUT2D eigenvalue weighted by Gasteiger charge is 2.33. The van der Waals surface area contributed by atoms with Gasteiger partial charge in [0.2, 0.25) is 5.91 Å². The van der Waals surface area contributed by atoms with Gasteiger partial charge in [-0.3, -0.25) is 14.3 Å². The Kier molecular flexibility index (Phi) is 8.73. The summed E-state index contributed by atoms with van der Waals surface area (Å²) in [5.74, 6) is -1.16. The molecule has 1 fully saturated rings. The molecule has 4 heterocycles. The normalized spacial score (nSPS) is 17.3. The molecule has 6 rings (SSSR count). The van der Waals surface area contributed by atoms with Gasteiger partial charge >= 0.3 is 17.9 Å².